The Balaban J connectivity index is 2.26. The van der Waals surface area contributed by atoms with Gasteiger partial charge in [-0.15, -0.1) is 0 Å². The van der Waals surface area contributed by atoms with E-state index in [9.17, 15) is 0 Å². The predicted octanol–water partition coefficient (Wildman–Crippen LogP) is 2.11. The maximum absolute atomic E-state index is 6.09. The third kappa shape index (κ3) is 2.39. The van der Waals surface area contributed by atoms with Crippen molar-refractivity contribution in [2.45, 2.75) is 26.3 Å². The molecule has 0 saturated carbocycles. The number of likely N-dealkylation sites (N-methyl/N-ethyl adjacent to an activating group) is 1. The molecule has 1 fully saturated rings. The largest absolute Gasteiger partial charge is 0.397 e. The van der Waals surface area contributed by atoms with Gasteiger partial charge in [0.1, 0.15) is 0 Å². The van der Waals surface area contributed by atoms with Crippen molar-refractivity contribution >= 4 is 11.4 Å². The van der Waals surface area contributed by atoms with Gasteiger partial charge in [-0.3, -0.25) is 4.90 Å². The zero-order valence-electron chi connectivity index (χ0n) is 11.3. The average Bonchev–Trinajstić information content (AvgIpc) is 2.25. The molecule has 0 unspecified atom stereocenters. The number of nitrogens with two attached hydrogens (primary N) is 1. The Morgan fingerprint density at radius 3 is 2.59 bits per heavy atom. The van der Waals surface area contributed by atoms with Gasteiger partial charge in [0.15, 0.2) is 0 Å². The highest BCUT2D eigenvalue weighted by atomic mass is 15.3. The van der Waals surface area contributed by atoms with Gasteiger partial charge in [-0.25, -0.2) is 0 Å². The van der Waals surface area contributed by atoms with Crippen LogP contribution in [-0.4, -0.2) is 37.1 Å². The molecule has 0 atom stereocenters. The molecule has 0 amide bonds. The molecule has 1 aromatic carbocycles. The summed E-state index contributed by atoms with van der Waals surface area (Å²) in [5.74, 6) is 0. The van der Waals surface area contributed by atoms with Crippen LogP contribution in [0.5, 0.6) is 0 Å². The highest BCUT2D eigenvalue weighted by molar-refractivity contribution is 5.68. The van der Waals surface area contributed by atoms with Crippen LogP contribution in [-0.2, 0) is 0 Å². The first-order chi connectivity index (χ1) is 7.90. The molecule has 1 saturated heterocycles. The van der Waals surface area contributed by atoms with E-state index in [-0.39, 0.29) is 5.54 Å². The standard InChI is InChI=1S/C14H23N3/c1-11-5-6-12(15)13(9-11)17-8-7-16(4)14(2,3)10-17/h5-6,9H,7-8,10,15H2,1-4H3. The van der Waals surface area contributed by atoms with E-state index in [2.05, 4.69) is 49.8 Å². The Bertz CT molecular complexity index is 412. The molecule has 1 aromatic rings. The average molecular weight is 233 g/mol. The maximum atomic E-state index is 6.09. The van der Waals surface area contributed by atoms with E-state index in [1.807, 2.05) is 6.07 Å². The minimum atomic E-state index is 0.203. The number of hydrogen-bond acceptors (Lipinski definition) is 3. The summed E-state index contributed by atoms with van der Waals surface area (Å²) < 4.78 is 0. The first kappa shape index (κ1) is 12.2. The lowest BCUT2D eigenvalue weighted by molar-refractivity contribution is 0.139. The van der Waals surface area contributed by atoms with Gasteiger partial charge in [-0.1, -0.05) is 6.07 Å². The maximum Gasteiger partial charge on any atom is 0.0603 e. The second kappa shape index (κ2) is 4.22. The van der Waals surface area contributed by atoms with Crippen LogP contribution in [0.25, 0.3) is 0 Å². The number of hydrogen-bond donors (Lipinski definition) is 1. The lowest BCUT2D eigenvalue weighted by Crippen LogP contribution is -2.57. The summed E-state index contributed by atoms with van der Waals surface area (Å²) >= 11 is 0. The Kier molecular flexibility index (Phi) is 3.04. The van der Waals surface area contributed by atoms with Crippen molar-refractivity contribution in [2.24, 2.45) is 0 Å². The van der Waals surface area contributed by atoms with Gasteiger partial charge in [0, 0.05) is 25.2 Å². The van der Waals surface area contributed by atoms with Gasteiger partial charge in [0.2, 0.25) is 0 Å². The number of benzene rings is 1. The molecule has 2 rings (SSSR count). The zero-order valence-corrected chi connectivity index (χ0v) is 11.3. The number of nitrogen functional groups attached to an aromatic ring is 1. The van der Waals surface area contributed by atoms with Gasteiger partial charge in [0.25, 0.3) is 0 Å². The van der Waals surface area contributed by atoms with E-state index in [0.717, 1.165) is 25.3 Å². The summed E-state index contributed by atoms with van der Waals surface area (Å²) in [4.78, 5) is 4.82. The summed E-state index contributed by atoms with van der Waals surface area (Å²) in [6.07, 6.45) is 0. The van der Waals surface area contributed by atoms with Crippen molar-refractivity contribution in [3.8, 4) is 0 Å². The first-order valence-corrected chi connectivity index (χ1v) is 6.22. The molecule has 3 nitrogen and oxygen atoms in total. The molecule has 1 aliphatic rings. The van der Waals surface area contributed by atoms with Crippen LogP contribution in [0.4, 0.5) is 11.4 Å². The molecular formula is C14H23N3. The fourth-order valence-electron chi connectivity index (χ4n) is 2.37. The smallest absolute Gasteiger partial charge is 0.0603 e. The van der Waals surface area contributed by atoms with E-state index in [1.165, 1.54) is 11.3 Å². The molecule has 0 aromatic heterocycles. The fourth-order valence-corrected chi connectivity index (χ4v) is 2.37. The van der Waals surface area contributed by atoms with E-state index < -0.39 is 0 Å². The van der Waals surface area contributed by atoms with Gasteiger partial charge in [0.05, 0.1) is 11.4 Å². The lowest BCUT2D eigenvalue weighted by Gasteiger charge is -2.46. The van der Waals surface area contributed by atoms with Crippen molar-refractivity contribution in [1.82, 2.24) is 4.90 Å². The minimum Gasteiger partial charge on any atom is -0.397 e. The third-order valence-electron chi connectivity index (χ3n) is 3.84. The first-order valence-electron chi connectivity index (χ1n) is 6.22. The number of aryl methyl sites for hydroxylation is 1. The van der Waals surface area contributed by atoms with Crippen molar-refractivity contribution in [3.05, 3.63) is 23.8 Å². The van der Waals surface area contributed by atoms with Crippen LogP contribution in [0.2, 0.25) is 0 Å². The van der Waals surface area contributed by atoms with Crippen LogP contribution in [0.3, 0.4) is 0 Å². The van der Waals surface area contributed by atoms with Gasteiger partial charge in [-0.05, 0) is 45.5 Å². The quantitative estimate of drug-likeness (QED) is 0.754. The summed E-state index contributed by atoms with van der Waals surface area (Å²) in [5, 5.41) is 0. The molecule has 0 aliphatic carbocycles. The van der Waals surface area contributed by atoms with Crippen molar-refractivity contribution in [1.29, 1.82) is 0 Å². The fraction of sp³-hybridized carbons (Fsp3) is 0.571. The summed E-state index contributed by atoms with van der Waals surface area (Å²) in [5.41, 5.74) is 9.63. The molecule has 1 heterocycles. The Morgan fingerprint density at radius 2 is 1.94 bits per heavy atom. The normalized spacial score (nSPS) is 20.6. The van der Waals surface area contributed by atoms with Crippen molar-refractivity contribution in [3.63, 3.8) is 0 Å². The van der Waals surface area contributed by atoms with Crippen LogP contribution in [0.15, 0.2) is 18.2 Å². The summed E-state index contributed by atoms with van der Waals surface area (Å²) in [7, 11) is 2.19. The molecule has 0 radical (unpaired) electrons. The Hall–Kier alpha value is -1.22. The molecule has 94 valence electrons. The molecule has 0 bridgehead atoms. The Labute approximate surface area is 104 Å². The topological polar surface area (TPSA) is 32.5 Å². The summed E-state index contributed by atoms with van der Waals surface area (Å²) in [6, 6.07) is 6.27. The Morgan fingerprint density at radius 1 is 1.24 bits per heavy atom. The minimum absolute atomic E-state index is 0.203. The van der Waals surface area contributed by atoms with Crippen LogP contribution in [0, 0.1) is 6.92 Å². The van der Waals surface area contributed by atoms with E-state index in [4.69, 9.17) is 5.73 Å². The third-order valence-corrected chi connectivity index (χ3v) is 3.84. The van der Waals surface area contributed by atoms with Crippen LogP contribution in [0.1, 0.15) is 19.4 Å². The van der Waals surface area contributed by atoms with Gasteiger partial charge < -0.3 is 10.6 Å². The number of nitrogens with zero attached hydrogens (tertiary/aromatic N) is 2. The monoisotopic (exact) mass is 233 g/mol. The molecular weight excluding hydrogens is 210 g/mol. The molecule has 3 heteroatoms. The number of piperazine rings is 1. The second-order valence-electron chi connectivity index (χ2n) is 5.72. The SMILES string of the molecule is Cc1ccc(N)c(N2CCN(C)C(C)(C)C2)c1. The molecule has 1 aliphatic heterocycles. The van der Waals surface area contributed by atoms with Crippen LogP contribution >= 0.6 is 0 Å². The van der Waals surface area contributed by atoms with E-state index in [0.29, 0.717) is 0 Å². The molecule has 2 N–H and O–H groups in total. The van der Waals surface area contributed by atoms with Crippen LogP contribution < -0.4 is 10.6 Å². The predicted molar refractivity (Wildman–Crippen MR) is 74.5 cm³/mol. The lowest BCUT2D eigenvalue weighted by atomic mass is 9.99. The van der Waals surface area contributed by atoms with E-state index >= 15 is 0 Å². The van der Waals surface area contributed by atoms with E-state index in [1.54, 1.807) is 0 Å². The molecule has 0 spiro atoms. The number of rotatable bonds is 1. The second-order valence-corrected chi connectivity index (χ2v) is 5.72. The van der Waals surface area contributed by atoms with Crippen molar-refractivity contribution < 1.29 is 0 Å². The van der Waals surface area contributed by atoms with Crippen molar-refractivity contribution in [2.75, 3.05) is 37.3 Å². The number of anilines is 2. The highest BCUT2D eigenvalue weighted by Crippen LogP contribution is 2.29. The zero-order chi connectivity index (χ0) is 12.6. The van der Waals surface area contributed by atoms with Gasteiger partial charge in [-0.2, -0.15) is 0 Å². The summed E-state index contributed by atoms with van der Waals surface area (Å²) in [6.45, 7) is 9.84. The molecule has 17 heavy (non-hydrogen) atoms. The van der Waals surface area contributed by atoms with Gasteiger partial charge >= 0.3 is 0 Å². The highest BCUT2D eigenvalue weighted by Gasteiger charge is 2.31.